The van der Waals surface area contributed by atoms with Crippen LogP contribution >= 0.6 is 0 Å². The number of hydrogen-bond acceptors (Lipinski definition) is 5. The van der Waals surface area contributed by atoms with Crippen LogP contribution in [-0.4, -0.2) is 30.8 Å². The topological polar surface area (TPSA) is 92.9 Å². The number of aliphatic carboxylic acids is 1. The average molecular weight is 383 g/mol. The third-order valence-electron chi connectivity index (χ3n) is 4.86. The van der Waals surface area contributed by atoms with Crippen molar-refractivity contribution in [3.63, 3.8) is 0 Å². The minimum absolute atomic E-state index is 0.308. The van der Waals surface area contributed by atoms with Gasteiger partial charge in [0.2, 0.25) is 0 Å². The van der Waals surface area contributed by atoms with Gasteiger partial charge in [0.25, 0.3) is 0 Å². The van der Waals surface area contributed by atoms with Gasteiger partial charge < -0.3 is 10.4 Å². The number of aryl methyl sites for hydroxylation is 1. The first kappa shape index (κ1) is 21.3. The summed E-state index contributed by atoms with van der Waals surface area (Å²) in [7, 11) is 0. The quantitative estimate of drug-likeness (QED) is 0.607. The van der Waals surface area contributed by atoms with E-state index in [2.05, 4.69) is 40.8 Å². The van der Waals surface area contributed by atoms with Crippen LogP contribution < -0.4 is 5.32 Å². The number of allylic oxidation sites excluding steroid dienone is 1. The number of aromatic nitrogens is 4. The molecule has 7 heteroatoms. The highest BCUT2D eigenvalue weighted by atomic mass is 16.4. The van der Waals surface area contributed by atoms with Gasteiger partial charge in [-0.1, -0.05) is 32.9 Å². The molecule has 0 saturated carbocycles. The molecule has 150 valence electrons. The SMILES string of the molecule is C=CNC(/C(=C\C)CC)n1nccc1C(C(=O)O)c1ncnc(C)c1CCC. The molecule has 2 aromatic heterocycles. The van der Waals surface area contributed by atoms with Crippen molar-refractivity contribution in [3.8, 4) is 0 Å². The number of rotatable bonds is 10. The van der Waals surface area contributed by atoms with Crippen molar-refractivity contribution in [1.82, 2.24) is 25.1 Å². The van der Waals surface area contributed by atoms with Crippen LogP contribution in [0, 0.1) is 6.92 Å². The molecular weight excluding hydrogens is 354 g/mol. The van der Waals surface area contributed by atoms with E-state index in [-0.39, 0.29) is 6.17 Å². The van der Waals surface area contributed by atoms with E-state index in [1.165, 1.54) is 6.33 Å². The number of nitrogens with zero attached hydrogens (tertiary/aromatic N) is 4. The Labute approximate surface area is 166 Å². The van der Waals surface area contributed by atoms with Crippen molar-refractivity contribution in [2.24, 2.45) is 0 Å². The summed E-state index contributed by atoms with van der Waals surface area (Å²) in [5.41, 5.74) is 3.88. The molecule has 0 aromatic carbocycles. The van der Waals surface area contributed by atoms with Crippen LogP contribution in [0.3, 0.4) is 0 Å². The van der Waals surface area contributed by atoms with Gasteiger partial charge in [0.05, 0.1) is 11.4 Å². The maximum absolute atomic E-state index is 12.4. The minimum atomic E-state index is -0.965. The molecule has 0 bridgehead atoms. The Morgan fingerprint density at radius 2 is 2.14 bits per heavy atom. The Balaban J connectivity index is 2.65. The second-order valence-corrected chi connectivity index (χ2v) is 6.54. The van der Waals surface area contributed by atoms with Gasteiger partial charge in [-0.2, -0.15) is 5.10 Å². The fourth-order valence-corrected chi connectivity index (χ4v) is 3.48. The van der Waals surface area contributed by atoms with Crippen LogP contribution in [0.25, 0.3) is 0 Å². The second kappa shape index (κ2) is 9.82. The molecule has 0 aliphatic rings. The van der Waals surface area contributed by atoms with Gasteiger partial charge in [-0.3, -0.25) is 4.79 Å². The van der Waals surface area contributed by atoms with Crippen molar-refractivity contribution >= 4 is 5.97 Å². The predicted octanol–water partition coefficient (Wildman–Crippen LogP) is 3.74. The number of hydrogen-bond donors (Lipinski definition) is 2. The molecule has 2 N–H and O–H groups in total. The van der Waals surface area contributed by atoms with Gasteiger partial charge in [-0.05, 0) is 50.1 Å². The van der Waals surface area contributed by atoms with Crippen molar-refractivity contribution in [1.29, 1.82) is 0 Å². The predicted molar refractivity (Wildman–Crippen MR) is 109 cm³/mol. The maximum atomic E-state index is 12.4. The van der Waals surface area contributed by atoms with Gasteiger partial charge in [0.15, 0.2) is 0 Å². The molecule has 2 unspecified atom stereocenters. The summed E-state index contributed by atoms with van der Waals surface area (Å²) in [6.45, 7) is 11.7. The standard InChI is InChI=1S/C21H29N5O2/c1-6-10-16-14(5)23-13-24-19(16)18(21(27)28)17-11-12-25-26(17)20(22-9-4)15(7-2)8-3/h7,9,11-13,18,20,22H,4,6,8,10H2,1-3,5H3,(H,27,28)/b15-7-. The average Bonchev–Trinajstić information content (AvgIpc) is 3.13. The number of carbonyl (C=O) groups is 1. The molecule has 2 heterocycles. The molecule has 0 spiro atoms. The molecule has 0 saturated heterocycles. The Bertz CT molecular complexity index is 856. The van der Waals surface area contributed by atoms with Crippen LogP contribution in [0.4, 0.5) is 0 Å². The minimum Gasteiger partial charge on any atom is -0.480 e. The first-order chi connectivity index (χ1) is 13.5. The fraction of sp³-hybridized carbons (Fsp3) is 0.429. The largest absolute Gasteiger partial charge is 0.480 e. The maximum Gasteiger partial charge on any atom is 0.318 e. The highest BCUT2D eigenvalue weighted by molar-refractivity contribution is 5.79. The monoisotopic (exact) mass is 383 g/mol. The zero-order valence-corrected chi connectivity index (χ0v) is 17.0. The molecule has 2 aromatic rings. The molecule has 7 nitrogen and oxygen atoms in total. The Morgan fingerprint density at radius 1 is 1.39 bits per heavy atom. The van der Waals surface area contributed by atoms with Gasteiger partial charge in [0.1, 0.15) is 18.4 Å². The van der Waals surface area contributed by atoms with E-state index < -0.39 is 11.9 Å². The molecule has 0 radical (unpaired) electrons. The van der Waals surface area contributed by atoms with E-state index in [0.29, 0.717) is 11.4 Å². The Morgan fingerprint density at radius 3 is 2.71 bits per heavy atom. The zero-order valence-electron chi connectivity index (χ0n) is 17.0. The molecule has 28 heavy (non-hydrogen) atoms. The summed E-state index contributed by atoms with van der Waals surface area (Å²) in [5, 5.41) is 17.7. The van der Waals surface area contributed by atoms with Crippen LogP contribution in [0.2, 0.25) is 0 Å². The Kier molecular flexibility index (Phi) is 7.49. The fourth-order valence-electron chi connectivity index (χ4n) is 3.48. The Hall–Kier alpha value is -2.96. The molecule has 0 fully saturated rings. The highest BCUT2D eigenvalue weighted by Crippen LogP contribution is 2.30. The van der Waals surface area contributed by atoms with Crippen LogP contribution in [0.5, 0.6) is 0 Å². The molecule has 2 rings (SSSR count). The highest BCUT2D eigenvalue weighted by Gasteiger charge is 2.32. The van der Waals surface area contributed by atoms with Gasteiger partial charge in [-0.15, -0.1) is 0 Å². The van der Waals surface area contributed by atoms with E-state index in [0.717, 1.165) is 36.1 Å². The lowest BCUT2D eigenvalue weighted by molar-refractivity contribution is -0.138. The molecule has 0 amide bonds. The van der Waals surface area contributed by atoms with Gasteiger partial charge in [0, 0.05) is 11.9 Å². The van der Waals surface area contributed by atoms with Crippen LogP contribution in [0.1, 0.15) is 68.3 Å². The van der Waals surface area contributed by atoms with Crippen molar-refractivity contribution in [2.45, 2.75) is 59.0 Å². The number of carboxylic acid groups (broad SMARTS) is 1. The summed E-state index contributed by atoms with van der Waals surface area (Å²) in [4.78, 5) is 21.0. The third kappa shape index (κ3) is 4.30. The molecule has 0 aliphatic heterocycles. The first-order valence-corrected chi connectivity index (χ1v) is 9.58. The first-order valence-electron chi connectivity index (χ1n) is 9.58. The summed E-state index contributed by atoms with van der Waals surface area (Å²) in [6.07, 6.45) is 8.77. The van der Waals surface area contributed by atoms with E-state index in [4.69, 9.17) is 0 Å². The van der Waals surface area contributed by atoms with Gasteiger partial charge in [-0.25, -0.2) is 14.6 Å². The second-order valence-electron chi connectivity index (χ2n) is 6.54. The van der Waals surface area contributed by atoms with E-state index in [9.17, 15) is 9.90 Å². The smallest absolute Gasteiger partial charge is 0.318 e. The van der Waals surface area contributed by atoms with E-state index >= 15 is 0 Å². The normalized spacial score (nSPS) is 13.8. The van der Waals surface area contributed by atoms with E-state index in [1.807, 2.05) is 19.9 Å². The van der Waals surface area contributed by atoms with Crippen molar-refractivity contribution < 1.29 is 9.90 Å². The van der Waals surface area contributed by atoms with Gasteiger partial charge >= 0.3 is 5.97 Å². The van der Waals surface area contributed by atoms with Crippen LogP contribution in [-0.2, 0) is 11.2 Å². The van der Waals surface area contributed by atoms with Crippen LogP contribution in [0.15, 0.2) is 43.0 Å². The molecule has 2 atom stereocenters. The number of carboxylic acids is 1. The number of nitrogens with one attached hydrogen (secondary N) is 1. The summed E-state index contributed by atoms with van der Waals surface area (Å²) in [5.74, 6) is -1.90. The van der Waals surface area contributed by atoms with Crippen molar-refractivity contribution in [2.75, 3.05) is 0 Å². The summed E-state index contributed by atoms with van der Waals surface area (Å²) in [6, 6.07) is 1.74. The molecule has 0 aliphatic carbocycles. The summed E-state index contributed by atoms with van der Waals surface area (Å²) < 4.78 is 1.71. The lowest BCUT2D eigenvalue weighted by Crippen LogP contribution is -2.30. The lowest BCUT2D eigenvalue weighted by atomic mass is 9.93. The summed E-state index contributed by atoms with van der Waals surface area (Å²) >= 11 is 0. The lowest BCUT2D eigenvalue weighted by Gasteiger charge is -2.25. The molecular formula is C21H29N5O2. The van der Waals surface area contributed by atoms with Crippen molar-refractivity contribution in [3.05, 3.63) is 65.7 Å². The zero-order chi connectivity index (χ0) is 20.7. The van der Waals surface area contributed by atoms with E-state index in [1.54, 1.807) is 23.1 Å². The third-order valence-corrected chi connectivity index (χ3v) is 4.86.